The van der Waals surface area contributed by atoms with E-state index in [1.807, 2.05) is 4.90 Å². The van der Waals surface area contributed by atoms with Crippen LogP contribution in [0.25, 0.3) is 0 Å². The predicted molar refractivity (Wildman–Crippen MR) is 77.4 cm³/mol. The zero-order valence-corrected chi connectivity index (χ0v) is 12.6. The van der Waals surface area contributed by atoms with Crippen LogP contribution in [0.5, 0.6) is 0 Å². The average molecular weight is 300 g/mol. The summed E-state index contributed by atoms with van der Waals surface area (Å²) >= 11 is 5.86. The minimum atomic E-state index is -0.433. The number of hydrogen-bond donors (Lipinski definition) is 0. The van der Waals surface area contributed by atoms with Gasteiger partial charge in [0.05, 0.1) is 4.92 Å². The van der Waals surface area contributed by atoms with Gasteiger partial charge >= 0.3 is 5.69 Å². The topological polar surface area (TPSA) is 75.4 Å². The molecule has 0 radical (unpaired) electrons. The lowest BCUT2D eigenvalue weighted by Gasteiger charge is -2.39. The van der Waals surface area contributed by atoms with Crippen LogP contribution in [-0.4, -0.2) is 52.0 Å². The molecule has 1 aromatic heterocycles. The lowest BCUT2D eigenvalue weighted by molar-refractivity contribution is -0.385. The first-order valence-corrected chi connectivity index (χ1v) is 6.99. The Morgan fingerprint density at radius 2 is 2.15 bits per heavy atom. The van der Waals surface area contributed by atoms with Gasteiger partial charge in [-0.1, -0.05) is 6.92 Å². The van der Waals surface area contributed by atoms with Gasteiger partial charge in [-0.05, 0) is 32.0 Å². The van der Waals surface area contributed by atoms with Gasteiger partial charge in [-0.15, -0.1) is 0 Å². The zero-order chi connectivity index (χ0) is 14.9. The molecule has 0 aliphatic carbocycles. The van der Waals surface area contributed by atoms with Crippen LogP contribution >= 0.6 is 11.6 Å². The Morgan fingerprint density at radius 3 is 2.70 bits per heavy atom. The summed E-state index contributed by atoms with van der Waals surface area (Å²) in [6, 6.07) is 0.322. The molecule has 1 atom stereocenters. The Kier molecular flexibility index (Phi) is 4.39. The fourth-order valence-electron chi connectivity index (χ4n) is 2.61. The molecule has 0 aromatic carbocycles. The highest BCUT2D eigenvalue weighted by atomic mass is 35.5. The number of rotatable bonds is 3. The van der Waals surface area contributed by atoms with Gasteiger partial charge in [0.1, 0.15) is 5.69 Å². The molecule has 8 heteroatoms. The van der Waals surface area contributed by atoms with Crippen molar-refractivity contribution in [3.63, 3.8) is 0 Å². The third-order valence-corrected chi connectivity index (χ3v) is 3.84. The molecule has 2 heterocycles. The molecule has 20 heavy (non-hydrogen) atoms. The van der Waals surface area contributed by atoms with Crippen molar-refractivity contribution < 1.29 is 4.92 Å². The molecule has 0 N–H and O–H groups in total. The van der Waals surface area contributed by atoms with E-state index in [0.29, 0.717) is 30.6 Å². The number of aromatic nitrogens is 2. The summed E-state index contributed by atoms with van der Waals surface area (Å²) < 4.78 is 0. The molecule has 1 aromatic rings. The minimum Gasteiger partial charge on any atom is -0.348 e. The average Bonchev–Trinajstić information content (AvgIpc) is 2.37. The monoisotopic (exact) mass is 299 g/mol. The van der Waals surface area contributed by atoms with Gasteiger partial charge in [-0.3, -0.25) is 15.0 Å². The number of nitro groups is 1. The lowest BCUT2D eigenvalue weighted by atomic mass is 10.2. The first-order valence-electron chi connectivity index (χ1n) is 6.61. The van der Waals surface area contributed by atoms with E-state index >= 15 is 0 Å². The molecule has 0 spiro atoms. The number of nitrogens with zero attached hydrogens (tertiary/aromatic N) is 5. The van der Waals surface area contributed by atoms with Crippen molar-refractivity contribution in [3.05, 3.63) is 21.1 Å². The minimum absolute atomic E-state index is 0.0495. The molecular weight excluding hydrogens is 282 g/mol. The Bertz CT molecular complexity index is 525. The second-order valence-electron chi connectivity index (χ2n) is 4.93. The highest BCUT2D eigenvalue weighted by Crippen LogP contribution is 2.31. The molecule has 1 fully saturated rings. The number of aryl methyl sites for hydroxylation is 1. The highest BCUT2D eigenvalue weighted by molar-refractivity contribution is 6.28. The highest BCUT2D eigenvalue weighted by Gasteiger charge is 2.30. The maximum absolute atomic E-state index is 11.2. The van der Waals surface area contributed by atoms with Crippen molar-refractivity contribution >= 4 is 23.1 Å². The molecule has 110 valence electrons. The zero-order valence-electron chi connectivity index (χ0n) is 11.8. The Morgan fingerprint density at radius 1 is 1.45 bits per heavy atom. The van der Waals surface area contributed by atoms with E-state index in [1.54, 1.807) is 6.92 Å². The van der Waals surface area contributed by atoms with Crippen LogP contribution in [0, 0.1) is 17.0 Å². The SMILES string of the molecule is CCN1CCN(c2nc(Cl)nc(C)c2[N+](=O)[O-])CC1C. The predicted octanol–water partition coefficient (Wildman–Crippen LogP) is 1.88. The van der Waals surface area contributed by atoms with E-state index in [9.17, 15) is 10.1 Å². The van der Waals surface area contributed by atoms with Gasteiger partial charge in [0, 0.05) is 25.7 Å². The first kappa shape index (κ1) is 14.9. The summed E-state index contributed by atoms with van der Waals surface area (Å²) in [6.45, 7) is 9.03. The number of piperazine rings is 1. The van der Waals surface area contributed by atoms with Crippen LogP contribution < -0.4 is 4.90 Å². The molecule has 0 amide bonds. The third-order valence-electron chi connectivity index (χ3n) is 3.67. The Labute approximate surface area is 122 Å². The fourth-order valence-corrected chi connectivity index (χ4v) is 2.82. The second kappa shape index (κ2) is 5.88. The van der Waals surface area contributed by atoms with Crippen LogP contribution in [0.3, 0.4) is 0 Å². The molecule has 1 unspecified atom stereocenters. The summed E-state index contributed by atoms with van der Waals surface area (Å²) in [6.07, 6.45) is 0. The molecule has 2 rings (SSSR count). The van der Waals surface area contributed by atoms with Crippen LogP contribution in [0.1, 0.15) is 19.5 Å². The molecule has 7 nitrogen and oxygen atoms in total. The summed E-state index contributed by atoms with van der Waals surface area (Å²) in [7, 11) is 0. The van der Waals surface area contributed by atoms with E-state index in [4.69, 9.17) is 11.6 Å². The molecule has 1 saturated heterocycles. The van der Waals surface area contributed by atoms with Crippen LogP contribution in [0.2, 0.25) is 5.28 Å². The lowest BCUT2D eigenvalue weighted by Crippen LogP contribution is -2.52. The van der Waals surface area contributed by atoms with Crippen molar-refractivity contribution in [1.82, 2.24) is 14.9 Å². The molecular formula is C12H18ClN5O2. The quantitative estimate of drug-likeness (QED) is 0.482. The molecule has 0 bridgehead atoms. The largest absolute Gasteiger partial charge is 0.348 e. The van der Waals surface area contributed by atoms with Gasteiger partial charge in [0.2, 0.25) is 11.1 Å². The normalized spacial score (nSPS) is 20.2. The number of likely N-dealkylation sites (N-methyl/N-ethyl adjacent to an activating group) is 1. The van der Waals surface area contributed by atoms with E-state index in [-0.39, 0.29) is 11.0 Å². The van der Waals surface area contributed by atoms with Gasteiger partial charge < -0.3 is 4.90 Å². The van der Waals surface area contributed by atoms with Crippen LogP contribution in [0.15, 0.2) is 0 Å². The van der Waals surface area contributed by atoms with Gasteiger partial charge in [-0.25, -0.2) is 4.98 Å². The second-order valence-corrected chi connectivity index (χ2v) is 5.27. The maximum atomic E-state index is 11.2. The van der Waals surface area contributed by atoms with Crippen molar-refractivity contribution in [2.24, 2.45) is 0 Å². The number of halogens is 1. The maximum Gasteiger partial charge on any atom is 0.332 e. The Hall–Kier alpha value is -1.47. The third kappa shape index (κ3) is 2.83. The van der Waals surface area contributed by atoms with E-state index in [0.717, 1.165) is 13.1 Å². The van der Waals surface area contributed by atoms with Crippen LogP contribution in [-0.2, 0) is 0 Å². The summed E-state index contributed by atoms with van der Waals surface area (Å²) in [4.78, 5) is 23.0. The molecule has 1 aliphatic heterocycles. The Balaban J connectivity index is 2.35. The first-order chi connectivity index (χ1) is 9.43. The van der Waals surface area contributed by atoms with Crippen LogP contribution in [0.4, 0.5) is 11.5 Å². The van der Waals surface area contributed by atoms with E-state index in [2.05, 4.69) is 28.7 Å². The van der Waals surface area contributed by atoms with Crippen molar-refractivity contribution in [3.8, 4) is 0 Å². The fraction of sp³-hybridized carbons (Fsp3) is 0.667. The summed E-state index contributed by atoms with van der Waals surface area (Å²) in [5.74, 6) is 0.329. The molecule has 1 aliphatic rings. The smallest absolute Gasteiger partial charge is 0.332 e. The van der Waals surface area contributed by atoms with E-state index < -0.39 is 4.92 Å². The van der Waals surface area contributed by atoms with E-state index in [1.165, 1.54) is 0 Å². The number of hydrogen-bond acceptors (Lipinski definition) is 6. The van der Waals surface area contributed by atoms with Crippen molar-refractivity contribution in [1.29, 1.82) is 0 Å². The summed E-state index contributed by atoms with van der Waals surface area (Å²) in [5, 5.41) is 11.3. The van der Waals surface area contributed by atoms with Crippen molar-refractivity contribution in [2.45, 2.75) is 26.8 Å². The number of anilines is 1. The molecule has 0 saturated carbocycles. The standard InChI is InChI=1S/C12H18ClN5O2/c1-4-16-5-6-17(7-8(16)2)11-10(18(19)20)9(3)14-12(13)15-11/h8H,4-7H2,1-3H3. The van der Waals surface area contributed by atoms with Gasteiger partial charge in [0.15, 0.2) is 0 Å². The van der Waals surface area contributed by atoms with Gasteiger partial charge in [0.25, 0.3) is 0 Å². The summed E-state index contributed by atoms with van der Waals surface area (Å²) in [5.41, 5.74) is 0.252. The van der Waals surface area contributed by atoms with Gasteiger partial charge in [-0.2, -0.15) is 4.98 Å². The van der Waals surface area contributed by atoms with Crippen molar-refractivity contribution in [2.75, 3.05) is 31.1 Å².